The van der Waals surface area contributed by atoms with Crippen LogP contribution in [-0.4, -0.2) is 90.0 Å². The number of carbonyl (C=O) groups excluding carboxylic acids is 1. The van der Waals surface area contributed by atoms with E-state index in [4.69, 9.17) is 15.2 Å². The van der Waals surface area contributed by atoms with Gasteiger partial charge in [0.1, 0.15) is 18.0 Å². The number of carbonyl (C=O) groups is 1. The van der Waals surface area contributed by atoms with E-state index in [0.717, 1.165) is 37.4 Å². The Hall–Kier alpha value is -6.71. The Morgan fingerprint density at radius 2 is 1.41 bits per heavy atom. The number of hydrogen-bond acceptors (Lipinski definition) is 18. The number of hydrogen-bond donors (Lipinski definition) is 5. The van der Waals surface area contributed by atoms with Gasteiger partial charge in [0.05, 0.1) is 23.0 Å². The molecule has 2 saturated carbocycles. The summed E-state index contributed by atoms with van der Waals surface area (Å²) < 4.78 is 12.4. The van der Waals surface area contributed by atoms with Gasteiger partial charge in [-0.2, -0.15) is 9.97 Å². The average Bonchev–Trinajstić information content (AvgIpc) is 3.25. The van der Waals surface area contributed by atoms with Crippen LogP contribution in [0, 0.1) is 32.1 Å². The monoisotopic (exact) mass is 872 g/mol. The van der Waals surface area contributed by atoms with Crippen LogP contribution < -0.4 is 42.3 Å². The van der Waals surface area contributed by atoms with Crippen LogP contribution in [0.1, 0.15) is 83.3 Å². The number of pyridine rings is 2. The topological polar surface area (TPSA) is 286 Å². The van der Waals surface area contributed by atoms with Crippen LogP contribution in [0.5, 0.6) is 5.88 Å². The molecule has 22 heteroatoms. The van der Waals surface area contributed by atoms with Crippen molar-refractivity contribution < 1.29 is 24.1 Å². The molecule has 0 radical (unpaired) electrons. The minimum atomic E-state index is -0.854. The fourth-order valence-corrected chi connectivity index (χ4v) is 7.75. The summed E-state index contributed by atoms with van der Waals surface area (Å²) in [7, 11) is 1.55. The summed E-state index contributed by atoms with van der Waals surface area (Å²) in [4.78, 5) is 71.8. The van der Waals surface area contributed by atoms with E-state index in [0.29, 0.717) is 63.5 Å². The van der Waals surface area contributed by atoms with Crippen molar-refractivity contribution in [1.29, 1.82) is 0 Å². The Kier molecular flexibility index (Phi) is 15.2. The highest BCUT2D eigenvalue weighted by atomic mass is 16.6. The van der Waals surface area contributed by atoms with E-state index in [-0.39, 0.29) is 59.0 Å². The van der Waals surface area contributed by atoms with Gasteiger partial charge >= 0.3 is 17.5 Å². The lowest BCUT2D eigenvalue weighted by atomic mass is 9.85. The van der Waals surface area contributed by atoms with Gasteiger partial charge in [-0.05, 0) is 103 Å². The zero-order valence-corrected chi connectivity index (χ0v) is 36.0. The Balaban J connectivity index is 1.10. The Bertz CT molecular complexity index is 2270. The second-order valence-electron chi connectivity index (χ2n) is 16.8. The van der Waals surface area contributed by atoms with E-state index in [9.17, 15) is 29.8 Å². The van der Waals surface area contributed by atoms with E-state index >= 15 is 0 Å². The molecule has 4 aromatic heterocycles. The molecule has 2 aliphatic carbocycles. The number of nitrogens with one attached hydrogen (secondary N) is 4. The summed E-state index contributed by atoms with van der Waals surface area (Å²) in [6.07, 6.45) is 11.2. The van der Waals surface area contributed by atoms with Gasteiger partial charge in [-0.15, -0.1) is 0 Å². The zero-order chi connectivity index (χ0) is 45.1. The van der Waals surface area contributed by atoms with E-state index in [1.807, 2.05) is 12.1 Å². The number of amides is 1. The molecule has 1 amide bonds. The molecule has 4 aromatic rings. The smallest absolute Gasteiger partial charge is 0.429 e. The lowest BCUT2D eigenvalue weighted by Crippen LogP contribution is -2.55. The molecular weight excluding hydrogens is 817 g/mol. The highest BCUT2D eigenvalue weighted by Gasteiger charge is 2.34. The molecule has 0 unspecified atom stereocenters. The zero-order valence-electron chi connectivity index (χ0n) is 36.0. The molecule has 0 saturated heterocycles. The molecule has 0 atom stereocenters. The van der Waals surface area contributed by atoms with Crippen LogP contribution in [0.3, 0.4) is 0 Å². The Labute approximate surface area is 364 Å². The Morgan fingerprint density at radius 1 is 0.841 bits per heavy atom. The van der Waals surface area contributed by atoms with Gasteiger partial charge in [-0.1, -0.05) is 12.1 Å². The standard InChI is InChI=1S/C41H56N14O8/c1-41(2,3)63-40(57)53(52-20-6-8-29(37(52)56)23-47-39-49-25-33(55(60)61)35(51-39)45-21-26-9-13-30(42)14-10-26)31-15-11-27(12-16-31)22-46-34-32(54(58)59)24-48-38(50-34)44-19-17-28-7-5-18-43-36(28)62-4/h5-8,18,20,24-27,30-31H,9-17,19,21-23,42H2,1-4H3,(H2,44,46,48,50)(H2,45,47,49,51). The molecule has 22 nitrogen and oxygen atoms in total. The number of ether oxygens (including phenoxy) is 2. The van der Waals surface area contributed by atoms with Gasteiger partial charge in [0, 0.05) is 55.7 Å². The first kappa shape index (κ1) is 45.8. The number of aromatic nitrogens is 6. The first-order valence-electron chi connectivity index (χ1n) is 21.1. The molecule has 6 rings (SSSR count). The molecule has 0 aliphatic heterocycles. The normalized spacial score (nSPS) is 18.7. The van der Waals surface area contributed by atoms with Crippen LogP contribution in [-0.2, 0) is 17.7 Å². The van der Waals surface area contributed by atoms with Crippen molar-refractivity contribution in [1.82, 2.24) is 29.6 Å². The number of nitrogens with two attached hydrogens (primary N) is 1. The van der Waals surface area contributed by atoms with Crippen molar-refractivity contribution in [3.8, 4) is 5.88 Å². The van der Waals surface area contributed by atoms with Gasteiger partial charge < -0.3 is 36.5 Å². The maximum atomic E-state index is 14.1. The summed E-state index contributed by atoms with van der Waals surface area (Å²) >= 11 is 0. The van der Waals surface area contributed by atoms with Gasteiger partial charge in [-0.25, -0.2) is 29.4 Å². The third-order valence-electron chi connectivity index (χ3n) is 11.1. The van der Waals surface area contributed by atoms with Crippen LogP contribution in [0.25, 0.3) is 0 Å². The van der Waals surface area contributed by atoms with Crippen LogP contribution in [0.4, 0.5) is 39.7 Å². The molecule has 0 spiro atoms. The van der Waals surface area contributed by atoms with E-state index in [2.05, 4.69) is 46.2 Å². The van der Waals surface area contributed by atoms with E-state index in [1.54, 1.807) is 46.2 Å². The maximum absolute atomic E-state index is 14.1. The third kappa shape index (κ3) is 12.5. The second kappa shape index (κ2) is 20.9. The Morgan fingerprint density at radius 3 is 1.98 bits per heavy atom. The van der Waals surface area contributed by atoms with Crippen molar-refractivity contribution in [2.45, 2.75) is 103 Å². The molecule has 2 aliphatic rings. The SMILES string of the molecule is COc1ncccc1CCNc1ncc([N+](=O)[O-])c(NCC2CCC(N(C(=O)OC(C)(C)C)n3cccc(CNc4ncc([N+](=O)[O-])c(NCC5CCC(N)CC5)n4)c3=O)CC2)n1. The van der Waals surface area contributed by atoms with Gasteiger partial charge in [0.25, 0.3) is 5.56 Å². The highest BCUT2D eigenvalue weighted by molar-refractivity contribution is 5.79. The lowest BCUT2D eigenvalue weighted by molar-refractivity contribution is -0.384. The predicted molar refractivity (Wildman–Crippen MR) is 235 cm³/mol. The minimum Gasteiger partial charge on any atom is -0.481 e. The average molecular weight is 873 g/mol. The number of nitro groups is 2. The van der Waals surface area contributed by atoms with Crippen molar-refractivity contribution >= 4 is 41.0 Å². The summed E-state index contributed by atoms with van der Waals surface area (Å²) in [6.45, 7) is 6.52. The number of nitrogens with zero attached hydrogens (tertiary/aromatic N) is 9. The predicted octanol–water partition coefficient (Wildman–Crippen LogP) is 5.39. The van der Waals surface area contributed by atoms with Crippen molar-refractivity contribution in [2.24, 2.45) is 17.6 Å². The van der Waals surface area contributed by atoms with Gasteiger partial charge in [-0.3, -0.25) is 25.0 Å². The number of anilines is 4. The van der Waals surface area contributed by atoms with Crippen molar-refractivity contribution in [3.05, 3.63) is 90.8 Å². The molecule has 4 heterocycles. The third-order valence-corrected chi connectivity index (χ3v) is 11.1. The summed E-state index contributed by atoms with van der Waals surface area (Å²) in [5.74, 6) is 1.36. The molecule has 6 N–H and O–H groups in total. The fraction of sp³-hybridized carbons (Fsp3) is 0.537. The fourth-order valence-electron chi connectivity index (χ4n) is 7.75. The molecule has 63 heavy (non-hydrogen) atoms. The van der Waals surface area contributed by atoms with Gasteiger partial charge in [0.15, 0.2) is 0 Å². The number of rotatable bonds is 18. The van der Waals surface area contributed by atoms with E-state index in [1.165, 1.54) is 22.1 Å². The summed E-state index contributed by atoms with van der Waals surface area (Å²) in [5.41, 5.74) is 5.36. The number of methoxy groups -OCH3 is 1. The first-order chi connectivity index (χ1) is 30.2. The largest absolute Gasteiger partial charge is 0.481 e. The highest BCUT2D eigenvalue weighted by Crippen LogP contribution is 2.31. The van der Waals surface area contributed by atoms with Crippen molar-refractivity contribution in [2.75, 3.05) is 53.0 Å². The quantitative estimate of drug-likeness (QED) is 0.0619. The van der Waals surface area contributed by atoms with Gasteiger partial charge in [0.2, 0.25) is 29.4 Å². The molecular formula is C41H56N14O8. The summed E-state index contributed by atoms with van der Waals surface area (Å²) in [6, 6.07) is 6.75. The molecule has 0 aromatic carbocycles. The van der Waals surface area contributed by atoms with Crippen molar-refractivity contribution in [3.63, 3.8) is 0 Å². The molecule has 2 fully saturated rings. The maximum Gasteiger partial charge on any atom is 0.429 e. The lowest BCUT2D eigenvalue weighted by Gasteiger charge is -2.38. The minimum absolute atomic E-state index is 0.0380. The van der Waals surface area contributed by atoms with E-state index < -0.39 is 33.1 Å². The summed E-state index contributed by atoms with van der Waals surface area (Å²) in [5, 5.41) is 37.4. The molecule has 338 valence electrons. The van der Waals surface area contributed by atoms with Crippen LogP contribution >= 0.6 is 0 Å². The van der Waals surface area contributed by atoms with Crippen LogP contribution in [0.2, 0.25) is 0 Å². The molecule has 0 bridgehead atoms. The van der Waals surface area contributed by atoms with Crippen LogP contribution in [0.15, 0.2) is 53.8 Å². The second-order valence-corrected chi connectivity index (χ2v) is 16.8. The first-order valence-corrected chi connectivity index (χ1v) is 21.1.